The highest BCUT2D eigenvalue weighted by Gasteiger charge is 2.25. The number of carboxylic acid groups (broad SMARTS) is 1. The van der Waals surface area contributed by atoms with E-state index in [4.69, 9.17) is 9.84 Å². The highest BCUT2D eigenvalue weighted by Crippen LogP contribution is 2.23. The maximum absolute atomic E-state index is 11.1. The number of aromatic nitrogens is 3. The molecule has 0 aliphatic carbocycles. The molecule has 0 aliphatic heterocycles. The van der Waals surface area contributed by atoms with E-state index in [1.807, 2.05) is 13.8 Å². The summed E-state index contributed by atoms with van der Waals surface area (Å²) in [5, 5.41) is 17.1. The van der Waals surface area contributed by atoms with Crippen LogP contribution in [-0.4, -0.2) is 39.8 Å². The summed E-state index contributed by atoms with van der Waals surface area (Å²) in [4.78, 5) is 11.1. The molecule has 1 N–H and O–H groups in total. The third kappa shape index (κ3) is 1.95. The molecule has 18 heavy (non-hydrogen) atoms. The number of rotatable bonds is 4. The molecular weight excluding hydrogens is 234 g/mol. The maximum Gasteiger partial charge on any atom is 0.338 e. The van der Waals surface area contributed by atoms with Crippen LogP contribution in [0.1, 0.15) is 24.2 Å². The molecule has 0 aliphatic rings. The van der Waals surface area contributed by atoms with Gasteiger partial charge in [-0.25, -0.2) is 9.48 Å². The largest absolute Gasteiger partial charge is 0.478 e. The SMILES string of the molecule is COCC(C)(C)n1nnc2c(C(=O)O)cccc21. The lowest BCUT2D eigenvalue weighted by Crippen LogP contribution is -2.32. The lowest BCUT2D eigenvalue weighted by Gasteiger charge is -2.24. The highest BCUT2D eigenvalue weighted by molar-refractivity contribution is 6.00. The van der Waals surface area contributed by atoms with Crippen LogP contribution in [0.5, 0.6) is 0 Å². The van der Waals surface area contributed by atoms with E-state index >= 15 is 0 Å². The summed E-state index contributed by atoms with van der Waals surface area (Å²) in [5.41, 5.74) is 0.860. The zero-order valence-electron chi connectivity index (χ0n) is 10.5. The quantitative estimate of drug-likeness (QED) is 0.888. The second kappa shape index (κ2) is 4.38. The van der Waals surface area contributed by atoms with Crippen LogP contribution in [0.3, 0.4) is 0 Å². The third-order valence-corrected chi connectivity index (χ3v) is 2.78. The Kier molecular flexibility index (Phi) is 3.04. The van der Waals surface area contributed by atoms with Gasteiger partial charge >= 0.3 is 5.97 Å². The summed E-state index contributed by atoms with van der Waals surface area (Å²) in [7, 11) is 1.61. The van der Waals surface area contributed by atoms with Crippen molar-refractivity contribution in [1.29, 1.82) is 0 Å². The van der Waals surface area contributed by atoms with Gasteiger partial charge in [0, 0.05) is 7.11 Å². The zero-order valence-corrected chi connectivity index (χ0v) is 10.5. The predicted molar refractivity (Wildman–Crippen MR) is 65.7 cm³/mol. The smallest absolute Gasteiger partial charge is 0.338 e. The van der Waals surface area contributed by atoms with Crippen molar-refractivity contribution in [3.05, 3.63) is 23.8 Å². The van der Waals surface area contributed by atoms with Gasteiger partial charge in [0.1, 0.15) is 5.52 Å². The van der Waals surface area contributed by atoms with Crippen molar-refractivity contribution >= 4 is 17.0 Å². The van der Waals surface area contributed by atoms with Gasteiger partial charge in [0.15, 0.2) is 0 Å². The van der Waals surface area contributed by atoms with Crippen LogP contribution in [-0.2, 0) is 10.3 Å². The number of aromatic carboxylic acids is 1. The molecular formula is C12H15N3O3. The van der Waals surface area contributed by atoms with E-state index in [1.54, 1.807) is 23.9 Å². The molecule has 0 fully saturated rings. The van der Waals surface area contributed by atoms with Crippen molar-refractivity contribution in [1.82, 2.24) is 15.0 Å². The summed E-state index contributed by atoms with van der Waals surface area (Å²) in [6.45, 7) is 4.37. The summed E-state index contributed by atoms with van der Waals surface area (Å²) in [6, 6.07) is 5.01. The normalized spacial score (nSPS) is 11.9. The van der Waals surface area contributed by atoms with Gasteiger partial charge in [-0.1, -0.05) is 11.3 Å². The number of ether oxygens (including phenoxy) is 1. The van der Waals surface area contributed by atoms with Gasteiger partial charge in [-0.3, -0.25) is 0 Å². The van der Waals surface area contributed by atoms with E-state index in [0.29, 0.717) is 17.6 Å². The zero-order chi connectivity index (χ0) is 13.3. The van der Waals surface area contributed by atoms with E-state index in [-0.39, 0.29) is 11.1 Å². The van der Waals surface area contributed by atoms with Crippen LogP contribution in [0.25, 0.3) is 11.0 Å². The molecule has 0 saturated carbocycles. The number of fused-ring (bicyclic) bond motifs is 1. The molecule has 0 saturated heterocycles. The number of hydrogen-bond donors (Lipinski definition) is 1. The Balaban J connectivity index is 2.62. The van der Waals surface area contributed by atoms with E-state index in [1.165, 1.54) is 6.07 Å². The second-order valence-corrected chi connectivity index (χ2v) is 4.73. The second-order valence-electron chi connectivity index (χ2n) is 4.73. The van der Waals surface area contributed by atoms with Gasteiger partial charge in [0.05, 0.1) is 23.2 Å². The molecule has 6 nitrogen and oxygen atoms in total. The Labute approximate surface area is 104 Å². The fourth-order valence-electron chi connectivity index (χ4n) is 1.98. The van der Waals surface area contributed by atoms with Crippen LogP contribution < -0.4 is 0 Å². The van der Waals surface area contributed by atoms with Crippen molar-refractivity contribution in [3.8, 4) is 0 Å². The molecule has 0 amide bonds. The van der Waals surface area contributed by atoms with Crippen LogP contribution >= 0.6 is 0 Å². The van der Waals surface area contributed by atoms with E-state index < -0.39 is 5.97 Å². The van der Waals surface area contributed by atoms with Gasteiger partial charge in [0.2, 0.25) is 0 Å². The van der Waals surface area contributed by atoms with E-state index in [2.05, 4.69) is 10.3 Å². The average molecular weight is 249 g/mol. The molecule has 2 rings (SSSR count). The van der Waals surface area contributed by atoms with Crippen LogP contribution in [0.2, 0.25) is 0 Å². The number of hydrogen-bond acceptors (Lipinski definition) is 4. The first kappa shape index (κ1) is 12.5. The molecule has 96 valence electrons. The predicted octanol–water partition coefficient (Wildman–Crippen LogP) is 1.51. The Morgan fingerprint density at radius 1 is 1.50 bits per heavy atom. The monoisotopic (exact) mass is 249 g/mol. The first-order valence-electron chi connectivity index (χ1n) is 5.54. The number of carbonyl (C=O) groups is 1. The first-order chi connectivity index (χ1) is 8.47. The fraction of sp³-hybridized carbons (Fsp3) is 0.417. The van der Waals surface area contributed by atoms with Gasteiger partial charge < -0.3 is 9.84 Å². The fourth-order valence-corrected chi connectivity index (χ4v) is 1.98. The molecule has 1 aromatic heterocycles. The number of benzene rings is 1. The molecule has 6 heteroatoms. The van der Waals surface area contributed by atoms with Gasteiger partial charge in [-0.15, -0.1) is 5.10 Å². The average Bonchev–Trinajstić information content (AvgIpc) is 2.72. The minimum atomic E-state index is -1.00. The molecule has 1 heterocycles. The topological polar surface area (TPSA) is 77.2 Å². The van der Waals surface area contributed by atoms with Crippen LogP contribution in [0.15, 0.2) is 18.2 Å². The minimum Gasteiger partial charge on any atom is -0.478 e. The van der Waals surface area contributed by atoms with Crippen molar-refractivity contribution in [2.24, 2.45) is 0 Å². The van der Waals surface area contributed by atoms with E-state index in [9.17, 15) is 4.79 Å². The Hall–Kier alpha value is -1.95. The molecule has 0 bridgehead atoms. The molecule has 1 aromatic carbocycles. The molecule has 0 unspecified atom stereocenters. The number of nitrogens with zero attached hydrogens (tertiary/aromatic N) is 3. The summed E-state index contributed by atoms with van der Waals surface area (Å²) in [5.74, 6) is -1.00. The summed E-state index contributed by atoms with van der Waals surface area (Å²) < 4.78 is 6.84. The van der Waals surface area contributed by atoms with E-state index in [0.717, 1.165) is 0 Å². The van der Waals surface area contributed by atoms with Crippen molar-refractivity contribution in [3.63, 3.8) is 0 Å². The Morgan fingerprint density at radius 2 is 2.22 bits per heavy atom. The lowest BCUT2D eigenvalue weighted by atomic mass is 10.1. The van der Waals surface area contributed by atoms with Crippen LogP contribution in [0.4, 0.5) is 0 Å². The standard InChI is InChI=1S/C12H15N3O3/c1-12(2,7-18-3)15-9-6-4-5-8(11(16)17)10(9)13-14-15/h4-6H,7H2,1-3H3,(H,16,17). The molecule has 0 atom stereocenters. The summed E-state index contributed by atoms with van der Waals surface area (Å²) in [6.07, 6.45) is 0. The Bertz CT molecular complexity index is 589. The molecule has 2 aromatic rings. The van der Waals surface area contributed by atoms with Gasteiger partial charge in [0.25, 0.3) is 0 Å². The van der Waals surface area contributed by atoms with Gasteiger partial charge in [-0.05, 0) is 26.0 Å². The Morgan fingerprint density at radius 3 is 2.83 bits per heavy atom. The molecule has 0 radical (unpaired) electrons. The lowest BCUT2D eigenvalue weighted by molar-refractivity contribution is 0.0699. The minimum absolute atomic E-state index is 0.159. The van der Waals surface area contributed by atoms with Crippen molar-refractivity contribution in [2.45, 2.75) is 19.4 Å². The number of carboxylic acids is 1. The first-order valence-corrected chi connectivity index (χ1v) is 5.54. The molecule has 0 spiro atoms. The third-order valence-electron chi connectivity index (χ3n) is 2.78. The highest BCUT2D eigenvalue weighted by atomic mass is 16.5. The summed E-state index contributed by atoms with van der Waals surface area (Å²) >= 11 is 0. The van der Waals surface area contributed by atoms with Crippen molar-refractivity contribution in [2.75, 3.05) is 13.7 Å². The van der Waals surface area contributed by atoms with Gasteiger partial charge in [-0.2, -0.15) is 0 Å². The number of methoxy groups -OCH3 is 1. The van der Waals surface area contributed by atoms with Crippen molar-refractivity contribution < 1.29 is 14.6 Å². The maximum atomic E-state index is 11.1. The van der Waals surface area contributed by atoms with Crippen LogP contribution in [0, 0.1) is 0 Å².